The minimum absolute atomic E-state index is 0.0189. The van der Waals surface area contributed by atoms with E-state index in [2.05, 4.69) is 33.9 Å². The van der Waals surface area contributed by atoms with E-state index in [-0.39, 0.29) is 28.0 Å². The average Bonchev–Trinajstić information content (AvgIpc) is 2.30. The Kier molecular flexibility index (Phi) is 5.04. The third-order valence-electron chi connectivity index (χ3n) is 4.67. The molecule has 0 aromatic heterocycles. The highest BCUT2D eigenvalue weighted by atomic mass is 32.1. The molecule has 3 atom stereocenters. The van der Waals surface area contributed by atoms with Gasteiger partial charge in [0, 0.05) is 12.5 Å². The van der Waals surface area contributed by atoms with Gasteiger partial charge < -0.3 is 14.4 Å². The van der Waals surface area contributed by atoms with E-state index in [1.165, 1.54) is 0 Å². The zero-order chi connectivity index (χ0) is 15.9. The lowest BCUT2D eigenvalue weighted by atomic mass is 9.87. The number of nitrogens with zero attached hydrogens (tertiary/aromatic N) is 1. The SMILES string of the molecule is CCN1C(=O)C(O[Si](C)(C)C(C)(C)C)C1C(C)C(O)=S. The van der Waals surface area contributed by atoms with Gasteiger partial charge in [0.05, 0.1) is 6.04 Å². The lowest BCUT2D eigenvalue weighted by Gasteiger charge is -2.52. The van der Waals surface area contributed by atoms with E-state index in [0.29, 0.717) is 6.54 Å². The number of likely N-dealkylation sites (N-methyl/N-ethyl adjacent to an activating group) is 1. The molecule has 0 aromatic carbocycles. The minimum atomic E-state index is -2.02. The average molecular weight is 318 g/mol. The summed E-state index contributed by atoms with van der Waals surface area (Å²) in [5.41, 5.74) is 0. The second-order valence-electron chi connectivity index (χ2n) is 7.04. The molecule has 1 aliphatic heterocycles. The maximum Gasteiger partial charge on any atom is 0.253 e. The quantitative estimate of drug-likeness (QED) is 0.481. The van der Waals surface area contributed by atoms with Gasteiger partial charge in [-0.1, -0.05) is 27.7 Å². The van der Waals surface area contributed by atoms with Crippen LogP contribution in [0.15, 0.2) is 0 Å². The van der Waals surface area contributed by atoms with Gasteiger partial charge in [-0.25, -0.2) is 0 Å². The first kappa shape index (κ1) is 17.6. The van der Waals surface area contributed by atoms with Crippen molar-refractivity contribution in [1.82, 2.24) is 4.90 Å². The number of aliphatic hydroxyl groups excluding tert-OH is 1. The minimum Gasteiger partial charge on any atom is -0.502 e. The zero-order valence-electron chi connectivity index (χ0n) is 13.6. The summed E-state index contributed by atoms with van der Waals surface area (Å²) in [5, 5.41) is 9.58. The summed E-state index contributed by atoms with van der Waals surface area (Å²) in [7, 11) is -2.02. The summed E-state index contributed by atoms with van der Waals surface area (Å²) < 4.78 is 6.24. The number of amides is 1. The van der Waals surface area contributed by atoms with Gasteiger partial charge in [-0.2, -0.15) is 0 Å². The van der Waals surface area contributed by atoms with E-state index in [1.807, 2.05) is 13.8 Å². The second kappa shape index (κ2) is 5.73. The van der Waals surface area contributed by atoms with E-state index < -0.39 is 14.4 Å². The van der Waals surface area contributed by atoms with Crippen LogP contribution in [-0.4, -0.2) is 48.0 Å². The molecule has 1 amide bonds. The molecule has 1 saturated heterocycles. The molecule has 0 aromatic rings. The number of carbonyl (C=O) groups excluding carboxylic acids is 1. The van der Waals surface area contributed by atoms with Crippen molar-refractivity contribution in [2.24, 2.45) is 5.92 Å². The van der Waals surface area contributed by atoms with Crippen LogP contribution in [0.5, 0.6) is 0 Å². The Morgan fingerprint density at radius 3 is 2.35 bits per heavy atom. The Bertz CT molecular complexity index is 404. The Morgan fingerprint density at radius 2 is 2.00 bits per heavy atom. The van der Waals surface area contributed by atoms with Gasteiger partial charge in [0.15, 0.2) is 13.4 Å². The fraction of sp³-hybridized carbons (Fsp3) is 0.857. The highest BCUT2D eigenvalue weighted by molar-refractivity contribution is 7.80. The molecule has 0 aliphatic carbocycles. The first-order valence-corrected chi connectivity index (χ1v) is 10.5. The molecule has 20 heavy (non-hydrogen) atoms. The predicted molar refractivity (Wildman–Crippen MR) is 87.6 cm³/mol. The molecule has 1 heterocycles. The maximum absolute atomic E-state index is 12.2. The fourth-order valence-electron chi connectivity index (χ4n) is 2.20. The first-order valence-electron chi connectivity index (χ1n) is 7.15. The zero-order valence-corrected chi connectivity index (χ0v) is 15.4. The van der Waals surface area contributed by atoms with E-state index in [1.54, 1.807) is 4.90 Å². The summed E-state index contributed by atoms with van der Waals surface area (Å²) in [6.45, 7) is 15.1. The van der Waals surface area contributed by atoms with Gasteiger partial charge in [0.25, 0.3) is 5.91 Å². The number of rotatable bonds is 5. The topological polar surface area (TPSA) is 49.8 Å². The van der Waals surface area contributed by atoms with Crippen LogP contribution in [0, 0.1) is 5.92 Å². The second-order valence-corrected chi connectivity index (χ2v) is 12.2. The third kappa shape index (κ3) is 3.07. The molecule has 0 radical (unpaired) electrons. The monoisotopic (exact) mass is 317 g/mol. The van der Waals surface area contributed by atoms with E-state index in [9.17, 15) is 9.90 Å². The van der Waals surface area contributed by atoms with Crippen LogP contribution in [0.2, 0.25) is 18.1 Å². The smallest absolute Gasteiger partial charge is 0.253 e. The number of hydrogen-bond acceptors (Lipinski definition) is 3. The van der Waals surface area contributed by atoms with Crippen molar-refractivity contribution in [2.75, 3.05) is 6.54 Å². The van der Waals surface area contributed by atoms with Gasteiger partial charge in [-0.15, -0.1) is 0 Å². The van der Waals surface area contributed by atoms with Crippen molar-refractivity contribution in [3.8, 4) is 0 Å². The van der Waals surface area contributed by atoms with Crippen molar-refractivity contribution in [1.29, 1.82) is 0 Å². The molecule has 0 spiro atoms. The number of β-lactam (4-membered cyclic amide) rings is 1. The highest BCUT2D eigenvalue weighted by Gasteiger charge is 2.54. The van der Waals surface area contributed by atoms with Gasteiger partial charge in [-0.05, 0) is 37.3 Å². The lowest BCUT2D eigenvalue weighted by molar-refractivity contribution is -0.166. The summed E-state index contributed by atoms with van der Waals surface area (Å²) in [5.74, 6) is -0.220. The normalized spacial score (nSPS) is 25.4. The predicted octanol–water partition coefficient (Wildman–Crippen LogP) is 3.13. The molecule has 0 saturated carbocycles. The molecule has 116 valence electrons. The first-order chi connectivity index (χ1) is 8.94. The summed E-state index contributed by atoms with van der Waals surface area (Å²) in [6, 6.07) is -0.140. The molecule has 0 bridgehead atoms. The van der Waals surface area contributed by atoms with Crippen molar-refractivity contribution in [2.45, 2.75) is 64.9 Å². The standard InChI is InChI=1S/C14H27NO3SSi/c1-8-15-10(9(2)13(17)19)11(12(15)16)18-20(6,7)14(3,4)5/h9-11H,8H2,1-7H3,(H,17,19). The number of carbonyl (C=O) groups is 1. The summed E-state index contributed by atoms with van der Waals surface area (Å²) >= 11 is 4.88. The molecule has 4 nitrogen and oxygen atoms in total. The summed E-state index contributed by atoms with van der Waals surface area (Å²) in [6.07, 6.45) is -0.462. The van der Waals surface area contributed by atoms with Crippen LogP contribution in [-0.2, 0) is 9.22 Å². The summed E-state index contributed by atoms with van der Waals surface area (Å²) in [4.78, 5) is 14.0. The maximum atomic E-state index is 12.2. The van der Waals surface area contributed by atoms with Gasteiger partial charge in [-0.3, -0.25) is 4.79 Å². The highest BCUT2D eigenvalue weighted by Crippen LogP contribution is 2.40. The Hall–Kier alpha value is -0.463. The van der Waals surface area contributed by atoms with Gasteiger partial charge >= 0.3 is 0 Å². The number of likely N-dealkylation sites (tertiary alicyclic amines) is 1. The van der Waals surface area contributed by atoms with Crippen molar-refractivity contribution >= 4 is 31.5 Å². The lowest BCUT2D eigenvalue weighted by Crippen LogP contribution is -2.70. The van der Waals surface area contributed by atoms with E-state index in [0.717, 1.165) is 0 Å². The van der Waals surface area contributed by atoms with Crippen molar-refractivity contribution in [3.63, 3.8) is 0 Å². The Balaban J connectivity index is 2.93. The van der Waals surface area contributed by atoms with Crippen LogP contribution in [0.4, 0.5) is 0 Å². The van der Waals surface area contributed by atoms with Crippen LogP contribution >= 0.6 is 12.2 Å². The molecule has 1 fully saturated rings. The number of thiocarbonyl (C=S) groups is 1. The van der Waals surface area contributed by atoms with Crippen LogP contribution in [0.25, 0.3) is 0 Å². The Labute approximate surface area is 128 Å². The van der Waals surface area contributed by atoms with Crippen LogP contribution in [0.3, 0.4) is 0 Å². The largest absolute Gasteiger partial charge is 0.502 e. The third-order valence-corrected chi connectivity index (χ3v) is 9.49. The van der Waals surface area contributed by atoms with E-state index >= 15 is 0 Å². The molecule has 3 unspecified atom stereocenters. The molecular formula is C14H27NO3SSi. The molecule has 1 N–H and O–H groups in total. The van der Waals surface area contributed by atoms with Crippen molar-refractivity contribution < 1.29 is 14.3 Å². The van der Waals surface area contributed by atoms with E-state index in [4.69, 9.17) is 16.6 Å². The van der Waals surface area contributed by atoms with Gasteiger partial charge in [0.2, 0.25) is 0 Å². The molecular weight excluding hydrogens is 290 g/mol. The number of aliphatic hydroxyl groups is 1. The van der Waals surface area contributed by atoms with Crippen LogP contribution in [0.1, 0.15) is 34.6 Å². The van der Waals surface area contributed by atoms with Crippen molar-refractivity contribution in [3.05, 3.63) is 0 Å². The van der Waals surface area contributed by atoms with Gasteiger partial charge in [0.1, 0.15) is 6.10 Å². The Morgan fingerprint density at radius 1 is 1.50 bits per heavy atom. The molecule has 6 heteroatoms. The molecule has 1 rings (SSSR count). The van der Waals surface area contributed by atoms with Crippen LogP contribution < -0.4 is 0 Å². The molecule has 1 aliphatic rings. The number of hydrogen-bond donors (Lipinski definition) is 1. The fourth-order valence-corrected chi connectivity index (χ4v) is 3.56.